The number of hydrogen-bond donors (Lipinski definition) is 0. The highest BCUT2D eigenvalue weighted by atomic mass is 79.9. The van der Waals surface area contributed by atoms with E-state index in [0.717, 1.165) is 23.1 Å². The van der Waals surface area contributed by atoms with Crippen molar-refractivity contribution in [2.45, 2.75) is 51.5 Å². The Morgan fingerprint density at radius 2 is 2.05 bits per heavy atom. The number of benzene rings is 1. The van der Waals surface area contributed by atoms with Crippen molar-refractivity contribution in [2.24, 2.45) is 0 Å². The van der Waals surface area contributed by atoms with Gasteiger partial charge in [-0.2, -0.15) is 0 Å². The minimum Gasteiger partial charge on any atom is -0.300 e. The van der Waals surface area contributed by atoms with Crippen molar-refractivity contribution in [1.82, 2.24) is 4.90 Å². The Labute approximate surface area is 130 Å². The van der Waals surface area contributed by atoms with Crippen molar-refractivity contribution >= 4 is 21.7 Å². The van der Waals surface area contributed by atoms with Crippen molar-refractivity contribution in [2.75, 3.05) is 13.1 Å². The first kappa shape index (κ1) is 15.7. The number of rotatable bonds is 6. The summed E-state index contributed by atoms with van der Waals surface area (Å²) in [4.78, 5) is 14.7. The van der Waals surface area contributed by atoms with Crippen LogP contribution in [0.15, 0.2) is 28.7 Å². The fraction of sp³-hybridized carbons (Fsp3) is 0.588. The topological polar surface area (TPSA) is 20.3 Å². The lowest BCUT2D eigenvalue weighted by molar-refractivity contribution is 0.0939. The second-order valence-corrected chi connectivity index (χ2v) is 6.52. The molecule has 0 radical (unpaired) electrons. The molecule has 0 spiro atoms. The number of hydrogen-bond acceptors (Lipinski definition) is 2. The molecule has 2 nitrogen and oxygen atoms in total. The van der Waals surface area contributed by atoms with E-state index >= 15 is 0 Å². The summed E-state index contributed by atoms with van der Waals surface area (Å²) in [5.41, 5.74) is 0.819. The van der Waals surface area contributed by atoms with Crippen LogP contribution in [0.5, 0.6) is 0 Å². The first-order chi connectivity index (χ1) is 9.70. The van der Waals surface area contributed by atoms with Crippen LogP contribution in [0.1, 0.15) is 55.8 Å². The number of nitrogens with zero attached hydrogens (tertiary/aromatic N) is 1. The van der Waals surface area contributed by atoms with Gasteiger partial charge in [-0.25, -0.2) is 0 Å². The molecule has 0 atom stereocenters. The Hall–Kier alpha value is -0.670. The Kier molecular flexibility index (Phi) is 6.24. The zero-order chi connectivity index (χ0) is 14.4. The molecule has 110 valence electrons. The monoisotopic (exact) mass is 337 g/mol. The van der Waals surface area contributed by atoms with E-state index in [2.05, 4.69) is 27.8 Å². The molecule has 2 rings (SSSR count). The van der Waals surface area contributed by atoms with E-state index in [9.17, 15) is 4.79 Å². The average molecular weight is 338 g/mol. The summed E-state index contributed by atoms with van der Waals surface area (Å²) in [6.07, 6.45) is 7.31. The normalized spacial score (nSPS) is 16.6. The molecular weight excluding hydrogens is 314 g/mol. The summed E-state index contributed by atoms with van der Waals surface area (Å²) >= 11 is 3.42. The van der Waals surface area contributed by atoms with Crippen LogP contribution >= 0.6 is 15.9 Å². The van der Waals surface area contributed by atoms with Crippen molar-refractivity contribution in [3.8, 4) is 0 Å². The minimum absolute atomic E-state index is 0.251. The van der Waals surface area contributed by atoms with Crippen LogP contribution in [0, 0.1) is 0 Å². The van der Waals surface area contributed by atoms with Gasteiger partial charge < -0.3 is 4.90 Å². The summed E-state index contributed by atoms with van der Waals surface area (Å²) in [6, 6.07) is 8.40. The summed E-state index contributed by atoms with van der Waals surface area (Å²) in [5.74, 6) is 0.251. The van der Waals surface area contributed by atoms with Gasteiger partial charge in [0.05, 0.1) is 0 Å². The van der Waals surface area contributed by atoms with Gasteiger partial charge in [0.1, 0.15) is 0 Å². The molecule has 20 heavy (non-hydrogen) atoms. The van der Waals surface area contributed by atoms with E-state index < -0.39 is 0 Å². The maximum Gasteiger partial charge on any atom is 0.164 e. The summed E-state index contributed by atoms with van der Waals surface area (Å²) in [7, 11) is 0. The SMILES string of the molecule is CCN(CCC(=O)c1cccc(Br)c1)C1CCCCC1. The Bertz CT molecular complexity index is 440. The van der Waals surface area contributed by atoms with Crippen LogP contribution in [0.25, 0.3) is 0 Å². The summed E-state index contributed by atoms with van der Waals surface area (Å²) in [6.45, 7) is 4.15. The van der Waals surface area contributed by atoms with Crippen LogP contribution in [-0.4, -0.2) is 29.8 Å². The van der Waals surface area contributed by atoms with Crippen molar-refractivity contribution in [3.05, 3.63) is 34.3 Å². The molecule has 0 unspecified atom stereocenters. The molecule has 3 heteroatoms. The highest BCUT2D eigenvalue weighted by Gasteiger charge is 2.20. The number of Topliss-reactive ketones (excluding diaryl/α,β-unsaturated/α-hetero) is 1. The average Bonchev–Trinajstić information content (AvgIpc) is 2.49. The van der Waals surface area contributed by atoms with E-state index in [1.54, 1.807) is 0 Å². The third-order valence-corrected chi connectivity index (χ3v) is 4.76. The first-order valence-electron chi connectivity index (χ1n) is 7.73. The number of ketones is 1. The zero-order valence-corrected chi connectivity index (χ0v) is 13.9. The van der Waals surface area contributed by atoms with Crippen LogP contribution in [0.4, 0.5) is 0 Å². The van der Waals surface area contributed by atoms with Crippen molar-refractivity contribution < 1.29 is 4.79 Å². The lowest BCUT2D eigenvalue weighted by Gasteiger charge is -2.33. The van der Waals surface area contributed by atoms with E-state index in [1.807, 2.05) is 24.3 Å². The molecule has 0 saturated heterocycles. The third-order valence-electron chi connectivity index (χ3n) is 4.27. The maximum absolute atomic E-state index is 12.3. The first-order valence-corrected chi connectivity index (χ1v) is 8.53. The fourth-order valence-corrected chi connectivity index (χ4v) is 3.50. The minimum atomic E-state index is 0.251. The second kappa shape index (κ2) is 7.94. The van der Waals surface area contributed by atoms with Gasteiger partial charge >= 0.3 is 0 Å². The van der Waals surface area contributed by atoms with Gasteiger partial charge in [-0.1, -0.05) is 54.2 Å². The van der Waals surface area contributed by atoms with E-state index in [0.29, 0.717) is 12.5 Å². The van der Waals surface area contributed by atoms with Crippen LogP contribution in [0.2, 0.25) is 0 Å². The van der Waals surface area contributed by atoms with Crippen molar-refractivity contribution in [1.29, 1.82) is 0 Å². The molecule has 1 aromatic rings. The standard InChI is InChI=1S/C17H24BrNO/c1-2-19(16-9-4-3-5-10-16)12-11-17(20)14-7-6-8-15(18)13-14/h6-8,13,16H,2-5,9-12H2,1H3. The van der Waals surface area contributed by atoms with E-state index in [4.69, 9.17) is 0 Å². The summed E-state index contributed by atoms with van der Waals surface area (Å²) < 4.78 is 0.975. The molecule has 0 bridgehead atoms. The van der Waals surface area contributed by atoms with Crippen LogP contribution < -0.4 is 0 Å². The van der Waals surface area contributed by atoms with Gasteiger partial charge in [-0.05, 0) is 31.5 Å². The molecular formula is C17H24BrNO. The van der Waals surface area contributed by atoms with Crippen LogP contribution in [-0.2, 0) is 0 Å². The predicted octanol–water partition coefficient (Wildman–Crippen LogP) is 4.68. The molecule has 1 aliphatic rings. The van der Waals surface area contributed by atoms with Gasteiger partial charge in [0.25, 0.3) is 0 Å². The fourth-order valence-electron chi connectivity index (χ4n) is 3.10. The Morgan fingerprint density at radius 1 is 1.30 bits per heavy atom. The highest BCUT2D eigenvalue weighted by Crippen LogP contribution is 2.23. The molecule has 1 aliphatic carbocycles. The largest absolute Gasteiger partial charge is 0.300 e. The molecule has 1 aromatic carbocycles. The maximum atomic E-state index is 12.3. The second-order valence-electron chi connectivity index (χ2n) is 5.60. The van der Waals surface area contributed by atoms with Crippen LogP contribution in [0.3, 0.4) is 0 Å². The number of halogens is 1. The Morgan fingerprint density at radius 3 is 2.70 bits per heavy atom. The predicted molar refractivity (Wildman–Crippen MR) is 87.2 cm³/mol. The quantitative estimate of drug-likeness (QED) is 0.702. The molecule has 0 heterocycles. The highest BCUT2D eigenvalue weighted by molar-refractivity contribution is 9.10. The van der Waals surface area contributed by atoms with Gasteiger partial charge in [-0.15, -0.1) is 0 Å². The molecule has 1 fully saturated rings. The van der Waals surface area contributed by atoms with Gasteiger partial charge in [0.2, 0.25) is 0 Å². The van der Waals surface area contributed by atoms with Gasteiger partial charge in [0, 0.05) is 29.0 Å². The summed E-state index contributed by atoms with van der Waals surface area (Å²) in [5, 5.41) is 0. The molecule has 0 N–H and O–H groups in total. The van der Waals surface area contributed by atoms with Gasteiger partial charge in [-0.3, -0.25) is 4.79 Å². The smallest absolute Gasteiger partial charge is 0.164 e. The zero-order valence-electron chi connectivity index (χ0n) is 12.3. The van der Waals surface area contributed by atoms with E-state index in [-0.39, 0.29) is 5.78 Å². The van der Waals surface area contributed by atoms with E-state index in [1.165, 1.54) is 32.1 Å². The molecule has 0 aliphatic heterocycles. The lowest BCUT2D eigenvalue weighted by Crippen LogP contribution is -2.38. The van der Waals surface area contributed by atoms with Crippen molar-refractivity contribution in [3.63, 3.8) is 0 Å². The number of carbonyl (C=O) groups excluding carboxylic acids is 1. The third kappa shape index (κ3) is 4.42. The number of carbonyl (C=O) groups is 1. The molecule has 0 amide bonds. The van der Waals surface area contributed by atoms with Gasteiger partial charge in [0.15, 0.2) is 5.78 Å². The Balaban J connectivity index is 1.87. The molecule has 0 aromatic heterocycles. The molecule has 1 saturated carbocycles. The lowest BCUT2D eigenvalue weighted by atomic mass is 9.94.